The lowest BCUT2D eigenvalue weighted by Crippen LogP contribution is -2.46. The first-order chi connectivity index (χ1) is 11.0. The van der Waals surface area contributed by atoms with Gasteiger partial charge in [0.05, 0.1) is 4.90 Å². The maximum atomic E-state index is 12.5. The molecule has 1 unspecified atom stereocenters. The fourth-order valence-electron chi connectivity index (χ4n) is 2.61. The lowest BCUT2D eigenvalue weighted by molar-refractivity contribution is 0.0698. The predicted octanol–water partition coefficient (Wildman–Crippen LogP) is 1.40. The van der Waals surface area contributed by atoms with E-state index in [4.69, 9.17) is 0 Å². The molecule has 2 rings (SSSR count). The van der Waals surface area contributed by atoms with Crippen molar-refractivity contribution in [2.24, 2.45) is 0 Å². The summed E-state index contributed by atoms with van der Waals surface area (Å²) in [7, 11) is -1.66. The molecular weight excluding hydrogens is 350 g/mol. The fraction of sp³-hybridized carbons (Fsp3) is 0.438. The number of hydrogen-bond donors (Lipinski definition) is 2. The summed E-state index contributed by atoms with van der Waals surface area (Å²) >= 11 is 0. The van der Waals surface area contributed by atoms with Crippen LogP contribution in [0.4, 0.5) is 0 Å². The number of hydrogen-bond acceptors (Lipinski definition) is 4. The first-order valence-electron chi connectivity index (χ1n) is 7.65. The van der Waals surface area contributed by atoms with Gasteiger partial charge in [0.1, 0.15) is 0 Å². The molecule has 1 aliphatic heterocycles. The number of rotatable bonds is 6. The number of sulfonamides is 1. The van der Waals surface area contributed by atoms with Crippen LogP contribution in [0.5, 0.6) is 0 Å². The molecule has 0 radical (unpaired) electrons. The van der Waals surface area contributed by atoms with Gasteiger partial charge in [0.15, 0.2) is 0 Å². The van der Waals surface area contributed by atoms with Crippen molar-refractivity contribution in [3.05, 3.63) is 42.5 Å². The summed E-state index contributed by atoms with van der Waals surface area (Å²) in [6.45, 7) is 5.06. The summed E-state index contributed by atoms with van der Waals surface area (Å²) in [5.74, 6) is -0.0621. The van der Waals surface area contributed by atoms with Gasteiger partial charge >= 0.3 is 0 Å². The quantitative estimate of drug-likeness (QED) is 0.739. The topological polar surface area (TPSA) is 78.5 Å². The third-order valence-corrected chi connectivity index (χ3v) is 5.39. The van der Waals surface area contributed by atoms with Crippen LogP contribution in [0.3, 0.4) is 0 Å². The van der Waals surface area contributed by atoms with Crippen molar-refractivity contribution >= 4 is 28.3 Å². The van der Waals surface area contributed by atoms with Crippen molar-refractivity contribution in [1.29, 1.82) is 0 Å². The van der Waals surface area contributed by atoms with Gasteiger partial charge < -0.3 is 10.2 Å². The van der Waals surface area contributed by atoms with Gasteiger partial charge in [0.2, 0.25) is 10.0 Å². The van der Waals surface area contributed by atoms with E-state index in [1.54, 1.807) is 12.1 Å². The molecule has 1 amide bonds. The first-order valence-corrected chi connectivity index (χ1v) is 9.13. The Kier molecular flexibility index (Phi) is 7.89. The smallest absolute Gasteiger partial charge is 0.253 e. The van der Waals surface area contributed by atoms with E-state index in [2.05, 4.69) is 16.6 Å². The van der Waals surface area contributed by atoms with Gasteiger partial charge in [0.25, 0.3) is 5.91 Å². The Morgan fingerprint density at radius 2 is 2.04 bits per heavy atom. The van der Waals surface area contributed by atoms with Gasteiger partial charge in [0, 0.05) is 31.2 Å². The minimum atomic E-state index is -3.56. The largest absolute Gasteiger partial charge is 0.337 e. The zero-order valence-electron chi connectivity index (χ0n) is 13.7. The standard InChI is InChI=1S/C16H23N3O3S.ClH/c1-3-10-18-23(21,22)15-8-6-13(7-9-15)16(20)19-11-4-5-14(12-19)17-2;/h3,6-9,14,17-18H,1,4-5,10-12H2,2H3;1H. The zero-order valence-corrected chi connectivity index (χ0v) is 15.3. The molecule has 134 valence electrons. The van der Waals surface area contributed by atoms with Gasteiger partial charge in [-0.3, -0.25) is 4.79 Å². The molecule has 0 spiro atoms. The molecule has 1 saturated heterocycles. The van der Waals surface area contributed by atoms with Crippen LogP contribution >= 0.6 is 12.4 Å². The number of benzene rings is 1. The number of likely N-dealkylation sites (N-methyl/N-ethyl adjacent to an activating group) is 1. The molecule has 2 N–H and O–H groups in total. The molecular formula is C16H24ClN3O3S. The highest BCUT2D eigenvalue weighted by Gasteiger charge is 2.23. The second-order valence-electron chi connectivity index (χ2n) is 5.54. The SMILES string of the molecule is C=CCNS(=O)(=O)c1ccc(C(=O)N2CCCC(NC)C2)cc1.Cl. The number of amides is 1. The molecule has 1 aromatic carbocycles. The Labute approximate surface area is 149 Å². The number of carbonyl (C=O) groups excluding carboxylic acids is 1. The molecule has 1 atom stereocenters. The number of piperidine rings is 1. The summed E-state index contributed by atoms with van der Waals surface area (Å²) in [5, 5.41) is 3.20. The Morgan fingerprint density at radius 1 is 1.38 bits per heavy atom. The molecule has 1 heterocycles. The van der Waals surface area contributed by atoms with Crippen LogP contribution in [0.2, 0.25) is 0 Å². The highest BCUT2D eigenvalue weighted by atomic mass is 35.5. The number of carbonyl (C=O) groups is 1. The minimum Gasteiger partial charge on any atom is -0.337 e. The maximum Gasteiger partial charge on any atom is 0.253 e. The van der Waals surface area contributed by atoms with Crippen molar-refractivity contribution < 1.29 is 13.2 Å². The number of nitrogens with zero attached hydrogens (tertiary/aromatic N) is 1. The highest BCUT2D eigenvalue weighted by Crippen LogP contribution is 2.16. The average molecular weight is 374 g/mol. The van der Waals surface area contributed by atoms with Gasteiger partial charge in [-0.15, -0.1) is 19.0 Å². The third kappa shape index (κ3) is 5.04. The van der Waals surface area contributed by atoms with Crippen LogP contribution in [-0.4, -0.2) is 51.9 Å². The molecule has 1 fully saturated rings. The van der Waals surface area contributed by atoms with Crippen molar-refractivity contribution in [2.45, 2.75) is 23.8 Å². The lowest BCUT2D eigenvalue weighted by atomic mass is 10.0. The van der Waals surface area contributed by atoms with E-state index in [9.17, 15) is 13.2 Å². The predicted molar refractivity (Wildman–Crippen MR) is 97.1 cm³/mol. The van der Waals surface area contributed by atoms with E-state index in [0.29, 0.717) is 18.2 Å². The van der Waals surface area contributed by atoms with Crippen molar-refractivity contribution in [3.63, 3.8) is 0 Å². The molecule has 0 aromatic heterocycles. The fourth-order valence-corrected chi connectivity index (χ4v) is 3.61. The van der Waals surface area contributed by atoms with E-state index in [1.165, 1.54) is 18.2 Å². The number of likely N-dealkylation sites (tertiary alicyclic amines) is 1. The molecule has 0 aliphatic carbocycles. The van der Waals surface area contributed by atoms with Crippen molar-refractivity contribution in [1.82, 2.24) is 14.9 Å². The molecule has 8 heteroatoms. The maximum absolute atomic E-state index is 12.5. The van der Waals surface area contributed by atoms with Gasteiger partial charge in [-0.25, -0.2) is 13.1 Å². The van der Waals surface area contributed by atoms with E-state index in [1.807, 2.05) is 11.9 Å². The summed E-state index contributed by atoms with van der Waals surface area (Å²) < 4.78 is 26.4. The minimum absolute atomic E-state index is 0. The summed E-state index contributed by atoms with van der Waals surface area (Å²) in [6, 6.07) is 6.35. The van der Waals surface area contributed by atoms with Crippen LogP contribution in [0, 0.1) is 0 Å². The monoisotopic (exact) mass is 373 g/mol. The zero-order chi connectivity index (χ0) is 16.9. The van der Waals surface area contributed by atoms with Crippen LogP contribution in [-0.2, 0) is 10.0 Å². The van der Waals surface area contributed by atoms with Crippen LogP contribution in [0.1, 0.15) is 23.2 Å². The van der Waals surface area contributed by atoms with Gasteiger partial charge in [-0.2, -0.15) is 0 Å². The van der Waals surface area contributed by atoms with Crippen molar-refractivity contribution in [2.75, 3.05) is 26.7 Å². The number of nitrogens with one attached hydrogen (secondary N) is 2. The number of halogens is 1. The van der Waals surface area contributed by atoms with Gasteiger partial charge in [-0.05, 0) is 44.2 Å². The summed E-state index contributed by atoms with van der Waals surface area (Å²) in [5.41, 5.74) is 0.504. The first kappa shape index (κ1) is 20.6. The Hall–Kier alpha value is -1.41. The van der Waals surface area contributed by atoms with E-state index >= 15 is 0 Å². The van der Waals surface area contributed by atoms with E-state index in [0.717, 1.165) is 19.4 Å². The van der Waals surface area contributed by atoms with Crippen LogP contribution in [0.15, 0.2) is 41.8 Å². The third-order valence-electron chi connectivity index (χ3n) is 3.95. The molecule has 6 nitrogen and oxygen atoms in total. The second-order valence-corrected chi connectivity index (χ2v) is 7.31. The highest BCUT2D eigenvalue weighted by molar-refractivity contribution is 7.89. The molecule has 0 bridgehead atoms. The Balaban J connectivity index is 0.00000288. The second kappa shape index (κ2) is 9.17. The van der Waals surface area contributed by atoms with E-state index < -0.39 is 10.0 Å². The van der Waals surface area contributed by atoms with Gasteiger partial charge in [-0.1, -0.05) is 6.08 Å². The lowest BCUT2D eigenvalue weighted by Gasteiger charge is -2.32. The Bertz CT molecular complexity index is 662. The van der Waals surface area contributed by atoms with Crippen LogP contribution in [0.25, 0.3) is 0 Å². The Morgan fingerprint density at radius 3 is 2.62 bits per heavy atom. The average Bonchev–Trinajstić information content (AvgIpc) is 2.59. The molecule has 1 aromatic rings. The molecule has 0 saturated carbocycles. The normalized spacial score (nSPS) is 17.9. The van der Waals surface area contributed by atoms with Crippen LogP contribution < -0.4 is 10.0 Å². The summed E-state index contributed by atoms with van der Waals surface area (Å²) in [6.07, 6.45) is 3.51. The van der Waals surface area contributed by atoms with E-state index in [-0.39, 0.29) is 29.8 Å². The van der Waals surface area contributed by atoms with Crippen molar-refractivity contribution in [3.8, 4) is 0 Å². The molecule has 1 aliphatic rings. The molecule has 24 heavy (non-hydrogen) atoms. The summed E-state index contributed by atoms with van der Waals surface area (Å²) in [4.78, 5) is 14.5.